The maximum atomic E-state index is 13.1. The lowest BCUT2D eigenvalue weighted by Gasteiger charge is -2.12. The average molecular weight is 304 g/mol. The minimum atomic E-state index is -0.225. The van der Waals surface area contributed by atoms with E-state index in [4.69, 9.17) is 0 Å². The van der Waals surface area contributed by atoms with Gasteiger partial charge in [0.1, 0.15) is 5.82 Å². The number of aryl methyl sites for hydroxylation is 1. The Balaban J connectivity index is 1.73. The Morgan fingerprint density at radius 1 is 1.17 bits per heavy atom. The van der Waals surface area contributed by atoms with Crippen LogP contribution in [0.15, 0.2) is 54.9 Å². The molecule has 0 saturated heterocycles. The average Bonchev–Trinajstić information content (AvgIpc) is 3.16. The normalized spacial score (nSPS) is 11.2. The summed E-state index contributed by atoms with van der Waals surface area (Å²) >= 11 is 0. The van der Waals surface area contributed by atoms with Crippen molar-refractivity contribution >= 4 is 11.0 Å². The Kier molecular flexibility index (Phi) is 3.23. The lowest BCUT2D eigenvalue weighted by Crippen LogP contribution is -2.03. The molecule has 0 aliphatic heterocycles. The van der Waals surface area contributed by atoms with Crippen LogP contribution in [0.5, 0.6) is 0 Å². The number of aromatic nitrogens is 3. The van der Waals surface area contributed by atoms with Gasteiger partial charge in [-0.3, -0.25) is 0 Å². The smallest absolute Gasteiger partial charge is 0.123 e. The van der Waals surface area contributed by atoms with Crippen LogP contribution in [-0.2, 0) is 6.54 Å². The highest BCUT2D eigenvalue weighted by molar-refractivity contribution is 5.75. The number of hydrogen-bond acceptors (Lipinski definition) is 1. The third-order valence-electron chi connectivity index (χ3n) is 4.08. The first-order valence-electron chi connectivity index (χ1n) is 7.46. The van der Waals surface area contributed by atoms with Crippen LogP contribution in [0.25, 0.3) is 22.3 Å². The van der Waals surface area contributed by atoms with Gasteiger partial charge in [0.25, 0.3) is 0 Å². The van der Waals surface area contributed by atoms with Crippen molar-refractivity contribution in [3.8, 4) is 11.3 Å². The number of fused-ring (bicyclic) bond motifs is 1. The highest BCUT2D eigenvalue weighted by Gasteiger charge is 2.09. The molecular formula is C19H15FN3. The summed E-state index contributed by atoms with van der Waals surface area (Å²) in [5.74, 6) is -0.225. The molecule has 0 aliphatic carbocycles. The van der Waals surface area contributed by atoms with Gasteiger partial charge in [-0.05, 0) is 60.5 Å². The topological polar surface area (TPSA) is 33.6 Å². The Hall–Kier alpha value is -2.88. The van der Waals surface area contributed by atoms with Gasteiger partial charge < -0.3 is 9.55 Å². The van der Waals surface area contributed by atoms with Gasteiger partial charge in [-0.25, -0.2) is 9.37 Å². The second kappa shape index (κ2) is 5.39. The summed E-state index contributed by atoms with van der Waals surface area (Å²) < 4.78 is 15.3. The molecule has 0 unspecified atom stereocenters. The van der Waals surface area contributed by atoms with Crippen molar-refractivity contribution in [2.45, 2.75) is 13.5 Å². The minimum Gasteiger partial charge on any atom is -0.345 e. The number of halogens is 1. The van der Waals surface area contributed by atoms with Crippen molar-refractivity contribution in [1.82, 2.24) is 14.5 Å². The van der Waals surface area contributed by atoms with Gasteiger partial charge in [-0.15, -0.1) is 0 Å². The number of imidazole rings is 1. The second-order valence-electron chi connectivity index (χ2n) is 5.61. The van der Waals surface area contributed by atoms with Crippen molar-refractivity contribution in [1.29, 1.82) is 0 Å². The van der Waals surface area contributed by atoms with Gasteiger partial charge in [0, 0.05) is 24.0 Å². The number of aromatic amines is 1. The Morgan fingerprint density at radius 2 is 2.00 bits per heavy atom. The van der Waals surface area contributed by atoms with E-state index in [0.29, 0.717) is 0 Å². The standard InChI is InChI=1S/C19H15FN3/c1-13-2-9-19(15-4-6-16(20)7-5-15)23(13)11-14-3-8-17-18(10-14)22-12-21-17/h3-10,12H,11H2,1H3,(H,21,22). The highest BCUT2D eigenvalue weighted by Crippen LogP contribution is 2.24. The molecule has 0 bridgehead atoms. The fourth-order valence-corrected chi connectivity index (χ4v) is 2.83. The fraction of sp³-hybridized carbons (Fsp3) is 0.105. The van der Waals surface area contributed by atoms with Crippen LogP contribution in [0.3, 0.4) is 0 Å². The van der Waals surface area contributed by atoms with Crippen LogP contribution in [0.1, 0.15) is 11.3 Å². The third kappa shape index (κ3) is 2.52. The van der Waals surface area contributed by atoms with E-state index in [1.54, 1.807) is 18.5 Å². The van der Waals surface area contributed by atoms with E-state index in [1.165, 1.54) is 17.7 Å². The van der Waals surface area contributed by atoms with Crippen molar-refractivity contribution in [2.24, 2.45) is 0 Å². The van der Waals surface area contributed by atoms with E-state index in [-0.39, 0.29) is 5.82 Å². The van der Waals surface area contributed by atoms with Gasteiger partial charge in [-0.2, -0.15) is 0 Å². The molecule has 0 atom stereocenters. The number of nitrogens with one attached hydrogen (secondary N) is 1. The van der Waals surface area contributed by atoms with Gasteiger partial charge in [-0.1, -0.05) is 6.07 Å². The van der Waals surface area contributed by atoms with Gasteiger partial charge >= 0.3 is 0 Å². The highest BCUT2D eigenvalue weighted by atomic mass is 19.1. The first-order chi connectivity index (χ1) is 11.2. The van der Waals surface area contributed by atoms with Crippen molar-refractivity contribution in [3.05, 3.63) is 78.0 Å². The third-order valence-corrected chi connectivity index (χ3v) is 4.08. The number of nitrogens with zero attached hydrogens (tertiary/aromatic N) is 2. The summed E-state index contributed by atoms with van der Waals surface area (Å²) in [6.45, 7) is 2.75. The number of H-pyrrole nitrogens is 1. The predicted octanol–water partition coefficient (Wildman–Crippen LogP) is 4.33. The van der Waals surface area contributed by atoms with Gasteiger partial charge in [0.15, 0.2) is 0 Å². The Morgan fingerprint density at radius 3 is 2.83 bits per heavy atom. The zero-order chi connectivity index (χ0) is 15.8. The largest absolute Gasteiger partial charge is 0.345 e. The summed E-state index contributed by atoms with van der Waals surface area (Å²) in [5, 5.41) is 0. The van der Waals surface area contributed by atoms with E-state index in [9.17, 15) is 4.39 Å². The number of rotatable bonds is 3. The lowest BCUT2D eigenvalue weighted by atomic mass is 10.1. The quantitative estimate of drug-likeness (QED) is 0.600. The van der Waals surface area contributed by atoms with E-state index in [2.05, 4.69) is 32.7 Å². The molecule has 3 nitrogen and oxygen atoms in total. The zero-order valence-electron chi connectivity index (χ0n) is 12.7. The molecule has 1 N–H and O–H groups in total. The molecule has 2 aromatic heterocycles. The summed E-state index contributed by atoms with van der Waals surface area (Å²) in [7, 11) is 0. The van der Waals surface area contributed by atoms with Crippen molar-refractivity contribution in [3.63, 3.8) is 0 Å². The molecule has 23 heavy (non-hydrogen) atoms. The molecule has 0 amide bonds. The molecule has 0 fully saturated rings. The van der Waals surface area contributed by atoms with Gasteiger partial charge in [0.05, 0.1) is 17.4 Å². The predicted molar refractivity (Wildman–Crippen MR) is 88.6 cm³/mol. The number of hydrogen-bond donors (Lipinski definition) is 1. The van der Waals surface area contributed by atoms with Crippen LogP contribution >= 0.6 is 0 Å². The fourth-order valence-electron chi connectivity index (χ4n) is 2.83. The van der Waals surface area contributed by atoms with Crippen molar-refractivity contribution < 1.29 is 4.39 Å². The van der Waals surface area contributed by atoms with Gasteiger partial charge in [0.2, 0.25) is 0 Å². The molecule has 113 valence electrons. The molecule has 0 spiro atoms. The van der Waals surface area contributed by atoms with Crippen LogP contribution in [0.2, 0.25) is 0 Å². The second-order valence-corrected chi connectivity index (χ2v) is 5.61. The summed E-state index contributed by atoms with van der Waals surface area (Å²) in [6, 6.07) is 18.0. The maximum absolute atomic E-state index is 13.1. The molecule has 4 heteroatoms. The molecule has 4 rings (SSSR count). The van der Waals surface area contributed by atoms with E-state index >= 15 is 0 Å². The Bertz CT molecular complexity index is 964. The molecule has 2 heterocycles. The lowest BCUT2D eigenvalue weighted by molar-refractivity contribution is 0.628. The van der Waals surface area contributed by atoms with E-state index in [1.807, 2.05) is 19.1 Å². The van der Waals surface area contributed by atoms with Crippen molar-refractivity contribution in [2.75, 3.05) is 0 Å². The zero-order valence-corrected chi connectivity index (χ0v) is 12.7. The molecule has 1 radical (unpaired) electrons. The Labute approximate surface area is 133 Å². The summed E-state index contributed by atoms with van der Waals surface area (Å²) in [5.41, 5.74) is 6.22. The van der Waals surface area contributed by atoms with Crippen LogP contribution in [0, 0.1) is 18.8 Å². The molecule has 4 aromatic rings. The van der Waals surface area contributed by atoms with Crippen LogP contribution in [-0.4, -0.2) is 14.5 Å². The minimum absolute atomic E-state index is 0.225. The van der Waals surface area contributed by atoms with Crippen LogP contribution in [0.4, 0.5) is 4.39 Å². The van der Waals surface area contributed by atoms with Crippen LogP contribution < -0.4 is 0 Å². The van der Waals surface area contributed by atoms with E-state index in [0.717, 1.165) is 34.5 Å². The molecule has 2 aromatic carbocycles. The van der Waals surface area contributed by atoms with E-state index < -0.39 is 0 Å². The molecule has 0 aliphatic rings. The number of benzene rings is 2. The maximum Gasteiger partial charge on any atom is 0.123 e. The SMILES string of the molecule is Cc1[c]cc(-c2ccc(F)cc2)n1Cc1ccc2[nH]cnc2c1. The molecule has 0 saturated carbocycles. The summed E-state index contributed by atoms with van der Waals surface area (Å²) in [4.78, 5) is 7.41. The summed E-state index contributed by atoms with van der Waals surface area (Å²) in [6.07, 6.45) is 1.70. The monoisotopic (exact) mass is 304 g/mol. The first kappa shape index (κ1) is 13.8. The molecular weight excluding hydrogens is 289 g/mol. The first-order valence-corrected chi connectivity index (χ1v) is 7.46.